The van der Waals surface area contributed by atoms with E-state index in [1.807, 2.05) is 39.0 Å². The lowest BCUT2D eigenvalue weighted by Gasteiger charge is -2.02. The largest absolute Gasteiger partial charge is 0.287 e. The molecule has 0 bridgehead atoms. The molecule has 0 N–H and O–H groups in total. The normalized spacial score (nSPS) is 14.6. The molecule has 78 valence electrons. The van der Waals surface area contributed by atoms with Crippen LogP contribution in [0.4, 0.5) is 0 Å². The lowest BCUT2D eigenvalue weighted by Crippen LogP contribution is -1.86. The van der Waals surface area contributed by atoms with E-state index >= 15 is 0 Å². The number of allylic oxidation sites excluding steroid dienone is 6. The molecule has 0 spiro atoms. The quantitative estimate of drug-likeness (QED) is 0.648. The van der Waals surface area contributed by atoms with Gasteiger partial charge in [-0.25, -0.2) is 0 Å². The minimum atomic E-state index is 0.160. The molecule has 1 rings (SSSR count). The third-order valence-corrected chi connectivity index (χ3v) is 2.63. The van der Waals surface area contributed by atoms with Crippen molar-refractivity contribution >= 4 is 16.9 Å². The van der Waals surface area contributed by atoms with Crippen LogP contribution in [0.5, 0.6) is 0 Å². The molecule has 1 nitrogen and oxygen atoms in total. The van der Waals surface area contributed by atoms with Crippen LogP contribution in [0.15, 0.2) is 34.8 Å². The van der Waals surface area contributed by atoms with E-state index < -0.39 is 0 Å². The maximum absolute atomic E-state index is 10.9. The summed E-state index contributed by atoms with van der Waals surface area (Å²) in [5, 5.41) is 0.160. The minimum Gasteiger partial charge on any atom is -0.287 e. The molecule has 0 heterocycles. The molecule has 0 saturated heterocycles. The van der Waals surface area contributed by atoms with Crippen molar-refractivity contribution in [3.05, 3.63) is 34.8 Å². The molecule has 1 aliphatic rings. The van der Waals surface area contributed by atoms with Crippen LogP contribution in [0.2, 0.25) is 0 Å². The van der Waals surface area contributed by atoms with E-state index in [0.717, 1.165) is 11.3 Å². The number of rotatable bonds is 1. The summed E-state index contributed by atoms with van der Waals surface area (Å²) in [6.45, 7) is 7.64. The summed E-state index contributed by atoms with van der Waals surface area (Å²) in [5.74, 6) is 0. The van der Waals surface area contributed by atoms with Crippen LogP contribution in [0.25, 0.3) is 0 Å². The number of hydrogen-bond acceptors (Lipinski definition) is 2. The fourth-order valence-electron chi connectivity index (χ4n) is 1.00. The summed E-state index contributed by atoms with van der Waals surface area (Å²) in [7, 11) is 0. The van der Waals surface area contributed by atoms with Crippen molar-refractivity contribution in [2.24, 2.45) is 0 Å². The van der Waals surface area contributed by atoms with E-state index in [1.54, 1.807) is 6.92 Å². The molecule has 0 unspecified atom stereocenters. The maximum atomic E-state index is 10.9. The van der Waals surface area contributed by atoms with Crippen LogP contribution >= 0.6 is 11.8 Å². The smallest absolute Gasteiger partial charge is 0.190 e. The lowest BCUT2D eigenvalue weighted by molar-refractivity contribution is -0.109. The van der Waals surface area contributed by atoms with Gasteiger partial charge in [-0.3, -0.25) is 4.79 Å². The van der Waals surface area contributed by atoms with Gasteiger partial charge in [-0.2, -0.15) is 0 Å². The van der Waals surface area contributed by atoms with E-state index in [-0.39, 0.29) is 5.12 Å². The second kappa shape index (κ2) is 7.63. The van der Waals surface area contributed by atoms with Crippen molar-refractivity contribution in [2.75, 3.05) is 0 Å². The molecular weight excluding hydrogens is 192 g/mol. The Bertz CT molecular complexity index is 272. The highest BCUT2D eigenvalue weighted by atomic mass is 32.2. The highest BCUT2D eigenvalue weighted by Crippen LogP contribution is 2.26. The van der Waals surface area contributed by atoms with Crippen LogP contribution in [-0.2, 0) is 4.79 Å². The molecule has 0 fully saturated rings. The zero-order valence-electron chi connectivity index (χ0n) is 9.33. The average molecular weight is 210 g/mol. The van der Waals surface area contributed by atoms with Gasteiger partial charge >= 0.3 is 0 Å². The third-order valence-electron chi connectivity index (χ3n) is 1.60. The fourth-order valence-corrected chi connectivity index (χ4v) is 1.76. The van der Waals surface area contributed by atoms with Crippen molar-refractivity contribution in [1.82, 2.24) is 0 Å². The van der Waals surface area contributed by atoms with E-state index in [0.29, 0.717) is 0 Å². The third kappa shape index (κ3) is 5.07. The summed E-state index contributed by atoms with van der Waals surface area (Å²) in [6, 6.07) is 0. The topological polar surface area (TPSA) is 17.1 Å². The molecular formula is C12H18OS. The van der Waals surface area contributed by atoms with Gasteiger partial charge in [-0.05, 0) is 23.8 Å². The van der Waals surface area contributed by atoms with Crippen LogP contribution < -0.4 is 0 Å². The van der Waals surface area contributed by atoms with E-state index in [9.17, 15) is 4.79 Å². The highest BCUT2D eigenvalue weighted by molar-refractivity contribution is 8.16. The molecule has 14 heavy (non-hydrogen) atoms. The Morgan fingerprint density at radius 2 is 2.00 bits per heavy atom. The first kappa shape index (κ1) is 13.2. The van der Waals surface area contributed by atoms with Crippen LogP contribution in [0, 0.1) is 0 Å². The highest BCUT2D eigenvalue weighted by Gasteiger charge is 2.04. The summed E-state index contributed by atoms with van der Waals surface area (Å²) in [6.07, 6.45) is 9.00. The first-order valence-electron chi connectivity index (χ1n) is 4.91. The number of thioether (sulfide) groups is 1. The number of carbonyl (C=O) groups is 1. The van der Waals surface area contributed by atoms with Gasteiger partial charge in [0.25, 0.3) is 0 Å². The second-order valence-corrected chi connectivity index (χ2v) is 3.96. The van der Waals surface area contributed by atoms with E-state index in [4.69, 9.17) is 0 Å². The molecule has 1 aliphatic carbocycles. The van der Waals surface area contributed by atoms with Gasteiger partial charge in [0.15, 0.2) is 5.12 Å². The Kier molecular flexibility index (Phi) is 7.21. The lowest BCUT2D eigenvalue weighted by atomic mass is 10.2. The summed E-state index contributed by atoms with van der Waals surface area (Å²) < 4.78 is 0. The van der Waals surface area contributed by atoms with E-state index in [2.05, 4.69) is 6.08 Å². The van der Waals surface area contributed by atoms with Crippen LogP contribution in [-0.4, -0.2) is 5.12 Å². The zero-order chi connectivity index (χ0) is 11.0. The molecule has 0 radical (unpaired) electrons. The predicted octanol–water partition coefficient (Wildman–Crippen LogP) is 4.08. The number of hydrogen-bond donors (Lipinski definition) is 0. The first-order valence-corrected chi connectivity index (χ1v) is 5.73. The van der Waals surface area contributed by atoms with Gasteiger partial charge in [0.1, 0.15) is 0 Å². The predicted molar refractivity (Wildman–Crippen MR) is 65.2 cm³/mol. The van der Waals surface area contributed by atoms with Crippen LogP contribution in [0.1, 0.15) is 34.1 Å². The monoisotopic (exact) mass is 210 g/mol. The summed E-state index contributed by atoms with van der Waals surface area (Å²) >= 11 is 1.34. The second-order valence-electron chi connectivity index (χ2n) is 2.69. The Morgan fingerprint density at radius 3 is 2.57 bits per heavy atom. The molecule has 0 aliphatic heterocycles. The molecule has 0 aromatic rings. The number of carbonyl (C=O) groups excluding carboxylic acids is 1. The first-order chi connectivity index (χ1) is 6.70. The summed E-state index contributed by atoms with van der Waals surface area (Å²) in [5.41, 5.74) is 1.19. The maximum Gasteiger partial charge on any atom is 0.190 e. The van der Waals surface area contributed by atoms with Gasteiger partial charge in [0.05, 0.1) is 0 Å². The standard InChI is InChI=1S/C10H12OS.C2H6/c1-8-6-4-3-5-7-10(8)12-9(2)11;1-2/h3-6H,7H2,1-2H3;1-2H3. The van der Waals surface area contributed by atoms with Gasteiger partial charge in [0.2, 0.25) is 0 Å². The van der Waals surface area contributed by atoms with Gasteiger partial charge < -0.3 is 0 Å². The van der Waals surface area contributed by atoms with Crippen molar-refractivity contribution < 1.29 is 4.79 Å². The van der Waals surface area contributed by atoms with Gasteiger partial charge in [-0.15, -0.1) is 0 Å². The Hall–Kier alpha value is -0.760. The van der Waals surface area contributed by atoms with Crippen molar-refractivity contribution in [3.8, 4) is 0 Å². The van der Waals surface area contributed by atoms with Crippen molar-refractivity contribution in [3.63, 3.8) is 0 Å². The fraction of sp³-hybridized carbons (Fsp3) is 0.417. The van der Waals surface area contributed by atoms with Gasteiger partial charge in [0, 0.05) is 6.92 Å². The minimum absolute atomic E-state index is 0.160. The molecule has 0 saturated carbocycles. The molecule has 0 amide bonds. The van der Waals surface area contributed by atoms with Crippen molar-refractivity contribution in [2.45, 2.75) is 34.1 Å². The molecule has 0 aromatic carbocycles. The van der Waals surface area contributed by atoms with Gasteiger partial charge in [-0.1, -0.05) is 49.9 Å². The van der Waals surface area contributed by atoms with Crippen LogP contribution in [0.3, 0.4) is 0 Å². The van der Waals surface area contributed by atoms with Crippen molar-refractivity contribution in [1.29, 1.82) is 0 Å². The average Bonchev–Trinajstić information content (AvgIpc) is 2.35. The SMILES string of the molecule is CC.CC(=O)SC1=C(C)C=CC=CC1. The Balaban J connectivity index is 0.000000791. The van der Waals surface area contributed by atoms with E-state index in [1.165, 1.54) is 17.3 Å². The summed E-state index contributed by atoms with van der Waals surface area (Å²) in [4.78, 5) is 12.0. The Morgan fingerprint density at radius 1 is 1.36 bits per heavy atom. The molecule has 2 heteroatoms. The zero-order valence-corrected chi connectivity index (χ0v) is 10.1. The Labute approximate surface area is 91.0 Å². The molecule has 0 aromatic heterocycles. The molecule has 0 atom stereocenters.